The first-order chi connectivity index (χ1) is 13.3. The van der Waals surface area contributed by atoms with Crippen molar-refractivity contribution >= 4 is 17.6 Å². The van der Waals surface area contributed by atoms with Gasteiger partial charge >= 0.3 is 5.97 Å². The van der Waals surface area contributed by atoms with Crippen molar-refractivity contribution in [2.45, 2.75) is 20.8 Å². The van der Waals surface area contributed by atoms with Gasteiger partial charge in [0.1, 0.15) is 5.82 Å². The Morgan fingerprint density at radius 1 is 1.04 bits per heavy atom. The molecule has 0 unspecified atom stereocenters. The van der Waals surface area contributed by atoms with Crippen molar-refractivity contribution in [3.8, 4) is 5.69 Å². The molecule has 3 rings (SSSR count). The number of benzene rings is 2. The van der Waals surface area contributed by atoms with Crippen LogP contribution in [0.4, 0.5) is 10.1 Å². The number of hydrogen-bond acceptors (Lipinski definition) is 3. The number of esters is 1. The van der Waals surface area contributed by atoms with Crippen LogP contribution in [0.5, 0.6) is 0 Å². The van der Waals surface area contributed by atoms with Crippen molar-refractivity contribution < 1.29 is 18.7 Å². The van der Waals surface area contributed by atoms with Crippen LogP contribution in [0.15, 0.2) is 54.6 Å². The summed E-state index contributed by atoms with van der Waals surface area (Å²) < 4.78 is 20.3. The van der Waals surface area contributed by atoms with E-state index in [1.165, 1.54) is 18.2 Å². The third kappa shape index (κ3) is 4.28. The number of halogens is 1. The predicted octanol–water partition coefficient (Wildman–Crippen LogP) is 4.34. The fourth-order valence-corrected chi connectivity index (χ4v) is 3.03. The molecule has 5 nitrogen and oxygen atoms in total. The number of aryl methyl sites for hydroxylation is 2. The van der Waals surface area contributed by atoms with Crippen LogP contribution >= 0.6 is 0 Å². The normalized spacial score (nSPS) is 10.6. The van der Waals surface area contributed by atoms with Gasteiger partial charge in [-0.2, -0.15) is 0 Å². The van der Waals surface area contributed by atoms with Gasteiger partial charge in [0.15, 0.2) is 6.61 Å². The molecule has 0 aliphatic heterocycles. The van der Waals surface area contributed by atoms with Crippen molar-refractivity contribution in [3.05, 3.63) is 82.9 Å². The summed E-state index contributed by atoms with van der Waals surface area (Å²) >= 11 is 0. The number of carbonyl (C=O) groups is 2. The lowest BCUT2D eigenvalue weighted by Crippen LogP contribution is -2.21. The second kappa shape index (κ2) is 8.08. The third-order valence-corrected chi connectivity index (χ3v) is 4.39. The molecular formula is C22H21FN2O3. The van der Waals surface area contributed by atoms with E-state index in [4.69, 9.17) is 4.74 Å². The maximum absolute atomic E-state index is 13.2. The Labute approximate surface area is 162 Å². The smallest absolute Gasteiger partial charge is 0.340 e. The molecule has 0 fully saturated rings. The van der Waals surface area contributed by atoms with E-state index in [2.05, 4.69) is 5.32 Å². The van der Waals surface area contributed by atoms with Gasteiger partial charge in [0.05, 0.1) is 5.56 Å². The highest BCUT2D eigenvalue weighted by Crippen LogP contribution is 2.22. The summed E-state index contributed by atoms with van der Waals surface area (Å²) in [6.07, 6.45) is 0. The molecule has 0 saturated heterocycles. The first-order valence-electron chi connectivity index (χ1n) is 8.83. The molecular weight excluding hydrogens is 359 g/mol. The summed E-state index contributed by atoms with van der Waals surface area (Å²) in [6.45, 7) is 5.29. The van der Waals surface area contributed by atoms with Gasteiger partial charge in [-0.3, -0.25) is 4.79 Å². The molecule has 144 valence electrons. The molecule has 1 N–H and O–H groups in total. The van der Waals surface area contributed by atoms with Crippen LogP contribution < -0.4 is 5.32 Å². The molecule has 1 heterocycles. The Hall–Kier alpha value is -3.41. The van der Waals surface area contributed by atoms with Crippen molar-refractivity contribution in [1.29, 1.82) is 0 Å². The number of ether oxygens (including phenoxy) is 1. The van der Waals surface area contributed by atoms with Gasteiger partial charge in [-0.1, -0.05) is 23.8 Å². The molecule has 1 amide bonds. The third-order valence-electron chi connectivity index (χ3n) is 4.39. The van der Waals surface area contributed by atoms with Crippen LogP contribution in [0.3, 0.4) is 0 Å². The number of nitrogens with one attached hydrogen (secondary N) is 1. The maximum Gasteiger partial charge on any atom is 0.340 e. The van der Waals surface area contributed by atoms with Crippen LogP contribution in [0.25, 0.3) is 5.69 Å². The van der Waals surface area contributed by atoms with Crippen LogP contribution in [-0.4, -0.2) is 23.1 Å². The first kappa shape index (κ1) is 19.4. The van der Waals surface area contributed by atoms with Crippen LogP contribution in [0.1, 0.15) is 27.3 Å². The number of amides is 1. The summed E-state index contributed by atoms with van der Waals surface area (Å²) in [6, 6.07) is 15.2. The monoisotopic (exact) mass is 380 g/mol. The van der Waals surface area contributed by atoms with Gasteiger partial charge in [0.25, 0.3) is 5.91 Å². The van der Waals surface area contributed by atoms with Gasteiger partial charge < -0.3 is 14.6 Å². The topological polar surface area (TPSA) is 60.3 Å². The summed E-state index contributed by atoms with van der Waals surface area (Å²) in [5.41, 5.74) is 4.42. The van der Waals surface area contributed by atoms with E-state index >= 15 is 0 Å². The molecule has 0 radical (unpaired) electrons. The van der Waals surface area contributed by atoms with E-state index in [-0.39, 0.29) is 0 Å². The highest BCUT2D eigenvalue weighted by molar-refractivity contribution is 5.96. The minimum atomic E-state index is -0.583. The van der Waals surface area contributed by atoms with E-state index in [0.717, 1.165) is 22.6 Å². The van der Waals surface area contributed by atoms with E-state index < -0.39 is 24.3 Å². The SMILES string of the molecule is Cc1ccc(-n2c(C)cc(C(=O)OCC(=O)Nc3cccc(F)c3)c2C)cc1. The Bertz CT molecular complexity index is 1020. The molecule has 3 aromatic rings. The summed E-state index contributed by atoms with van der Waals surface area (Å²) in [5, 5.41) is 2.49. The molecule has 0 aliphatic rings. The highest BCUT2D eigenvalue weighted by Gasteiger charge is 2.19. The fraction of sp³-hybridized carbons (Fsp3) is 0.182. The van der Waals surface area contributed by atoms with E-state index in [1.807, 2.05) is 49.6 Å². The summed E-state index contributed by atoms with van der Waals surface area (Å²) in [5.74, 6) is -1.58. The largest absolute Gasteiger partial charge is 0.452 e. The molecule has 0 bridgehead atoms. The highest BCUT2D eigenvalue weighted by atomic mass is 19.1. The van der Waals surface area contributed by atoms with Crippen molar-refractivity contribution in [2.75, 3.05) is 11.9 Å². The molecule has 0 spiro atoms. The van der Waals surface area contributed by atoms with Gasteiger partial charge in [0, 0.05) is 22.8 Å². The van der Waals surface area contributed by atoms with E-state index in [0.29, 0.717) is 11.3 Å². The van der Waals surface area contributed by atoms with Crippen molar-refractivity contribution in [2.24, 2.45) is 0 Å². The summed E-state index contributed by atoms with van der Waals surface area (Å²) in [7, 11) is 0. The number of hydrogen-bond donors (Lipinski definition) is 1. The first-order valence-corrected chi connectivity index (χ1v) is 8.83. The standard InChI is InChI=1S/C22H21FN2O3/c1-14-7-9-19(10-8-14)25-15(2)11-20(16(25)3)22(27)28-13-21(26)24-18-6-4-5-17(23)12-18/h4-12H,13H2,1-3H3,(H,24,26). The lowest BCUT2D eigenvalue weighted by Gasteiger charge is -2.10. The lowest BCUT2D eigenvalue weighted by molar-refractivity contribution is -0.119. The number of nitrogens with zero attached hydrogens (tertiary/aromatic N) is 1. The van der Waals surface area contributed by atoms with Crippen molar-refractivity contribution in [3.63, 3.8) is 0 Å². The van der Waals surface area contributed by atoms with Crippen LogP contribution in [-0.2, 0) is 9.53 Å². The zero-order valence-corrected chi connectivity index (χ0v) is 16.0. The Morgan fingerprint density at radius 3 is 2.43 bits per heavy atom. The van der Waals surface area contributed by atoms with E-state index in [9.17, 15) is 14.0 Å². The average Bonchev–Trinajstić information content (AvgIpc) is 2.95. The number of anilines is 1. The maximum atomic E-state index is 13.2. The quantitative estimate of drug-likeness (QED) is 0.670. The zero-order valence-electron chi connectivity index (χ0n) is 16.0. The van der Waals surface area contributed by atoms with Gasteiger partial charge in [-0.15, -0.1) is 0 Å². The second-order valence-corrected chi connectivity index (χ2v) is 6.59. The number of aromatic nitrogens is 1. The molecule has 0 atom stereocenters. The van der Waals surface area contributed by atoms with Crippen LogP contribution in [0, 0.1) is 26.6 Å². The fourth-order valence-electron chi connectivity index (χ4n) is 3.03. The Balaban J connectivity index is 1.68. The van der Waals surface area contributed by atoms with Crippen molar-refractivity contribution in [1.82, 2.24) is 4.57 Å². The van der Waals surface area contributed by atoms with Gasteiger partial charge in [0.2, 0.25) is 0 Å². The molecule has 0 aliphatic carbocycles. The number of carbonyl (C=O) groups excluding carboxylic acids is 2. The molecule has 1 aromatic heterocycles. The van der Waals surface area contributed by atoms with Crippen LogP contribution in [0.2, 0.25) is 0 Å². The number of rotatable bonds is 5. The minimum Gasteiger partial charge on any atom is -0.452 e. The molecule has 28 heavy (non-hydrogen) atoms. The summed E-state index contributed by atoms with van der Waals surface area (Å²) in [4.78, 5) is 24.4. The molecule has 6 heteroatoms. The second-order valence-electron chi connectivity index (χ2n) is 6.59. The lowest BCUT2D eigenvalue weighted by atomic mass is 10.2. The Morgan fingerprint density at radius 2 is 1.75 bits per heavy atom. The van der Waals surface area contributed by atoms with Gasteiger partial charge in [-0.05, 0) is 57.2 Å². The van der Waals surface area contributed by atoms with Gasteiger partial charge in [-0.25, -0.2) is 9.18 Å². The molecule has 2 aromatic carbocycles. The predicted molar refractivity (Wildman–Crippen MR) is 105 cm³/mol. The minimum absolute atomic E-state index is 0.304. The molecule has 0 saturated carbocycles. The Kier molecular flexibility index (Phi) is 5.59. The average molecular weight is 380 g/mol. The van der Waals surface area contributed by atoms with E-state index in [1.54, 1.807) is 12.1 Å². The zero-order chi connectivity index (χ0) is 20.3.